The van der Waals surface area contributed by atoms with E-state index in [1.807, 2.05) is 0 Å². The molecule has 1 rings (SSSR count). The van der Waals surface area contributed by atoms with E-state index < -0.39 is 5.97 Å². The largest absolute Gasteiger partial charge is 0.481 e. The molecular formula is C11H21NO2. The van der Waals surface area contributed by atoms with Crippen molar-refractivity contribution < 1.29 is 9.90 Å². The molecule has 1 heterocycles. The third-order valence-corrected chi connectivity index (χ3v) is 3.43. The molecular weight excluding hydrogens is 178 g/mol. The van der Waals surface area contributed by atoms with Crippen LogP contribution in [0.2, 0.25) is 0 Å². The Morgan fingerprint density at radius 1 is 1.64 bits per heavy atom. The highest BCUT2D eigenvalue weighted by atomic mass is 16.4. The first-order valence-electron chi connectivity index (χ1n) is 5.54. The number of aliphatic carboxylic acids is 1. The van der Waals surface area contributed by atoms with Crippen LogP contribution in [0.4, 0.5) is 0 Å². The topological polar surface area (TPSA) is 40.5 Å². The average Bonchev–Trinajstić information content (AvgIpc) is 2.16. The third kappa shape index (κ3) is 2.47. The Bertz CT molecular complexity index is 205. The smallest absolute Gasteiger partial charge is 0.306 e. The molecule has 1 aliphatic rings. The number of likely N-dealkylation sites (tertiary alicyclic amines) is 1. The van der Waals surface area contributed by atoms with Crippen LogP contribution in [0.25, 0.3) is 0 Å². The molecule has 0 amide bonds. The summed E-state index contributed by atoms with van der Waals surface area (Å²) in [6, 6.07) is 1.000. The maximum absolute atomic E-state index is 10.8. The molecule has 82 valence electrons. The summed E-state index contributed by atoms with van der Waals surface area (Å²) >= 11 is 0. The second-order valence-corrected chi connectivity index (χ2v) is 4.40. The van der Waals surface area contributed by atoms with E-state index in [9.17, 15) is 4.79 Å². The van der Waals surface area contributed by atoms with Crippen molar-refractivity contribution in [1.82, 2.24) is 4.90 Å². The summed E-state index contributed by atoms with van der Waals surface area (Å²) in [5.74, 6) is -0.744. The summed E-state index contributed by atoms with van der Waals surface area (Å²) in [5.41, 5.74) is 0. The summed E-state index contributed by atoms with van der Waals surface area (Å²) in [4.78, 5) is 13.3. The minimum atomic E-state index is -0.624. The molecule has 14 heavy (non-hydrogen) atoms. The molecule has 3 atom stereocenters. The summed E-state index contributed by atoms with van der Waals surface area (Å²) < 4.78 is 0. The van der Waals surface area contributed by atoms with E-state index >= 15 is 0 Å². The fourth-order valence-corrected chi connectivity index (χ4v) is 2.30. The molecule has 0 radical (unpaired) electrons. The van der Waals surface area contributed by atoms with Crippen molar-refractivity contribution in [2.24, 2.45) is 5.92 Å². The molecule has 1 N–H and O–H groups in total. The zero-order chi connectivity index (χ0) is 10.7. The fraction of sp³-hybridized carbons (Fsp3) is 0.909. The first-order valence-corrected chi connectivity index (χ1v) is 5.54. The normalized spacial score (nSPS) is 31.4. The van der Waals surface area contributed by atoms with Gasteiger partial charge in [0.05, 0.1) is 5.92 Å². The van der Waals surface area contributed by atoms with E-state index in [2.05, 4.69) is 25.7 Å². The molecule has 1 aliphatic heterocycles. The zero-order valence-corrected chi connectivity index (χ0v) is 9.36. The van der Waals surface area contributed by atoms with Crippen LogP contribution >= 0.6 is 0 Å². The van der Waals surface area contributed by atoms with Crippen molar-refractivity contribution in [2.45, 2.75) is 52.1 Å². The molecule has 3 heteroatoms. The van der Waals surface area contributed by atoms with Crippen LogP contribution in [0.15, 0.2) is 0 Å². The molecule has 0 bridgehead atoms. The highest BCUT2D eigenvalue weighted by Gasteiger charge is 2.31. The standard InChI is InChI=1S/C11H21NO2/c1-4-8(2)12-6-5-10(11(13)14)7-9(12)3/h8-10H,4-7H2,1-3H3,(H,13,14). The lowest BCUT2D eigenvalue weighted by molar-refractivity contribution is -0.144. The molecule has 1 saturated heterocycles. The summed E-state index contributed by atoms with van der Waals surface area (Å²) in [6.45, 7) is 7.48. The van der Waals surface area contributed by atoms with E-state index in [0.29, 0.717) is 12.1 Å². The average molecular weight is 199 g/mol. The predicted octanol–water partition coefficient (Wildman–Crippen LogP) is 1.97. The summed E-state index contributed by atoms with van der Waals surface area (Å²) in [7, 11) is 0. The first-order chi connectivity index (χ1) is 6.56. The Labute approximate surface area is 86.1 Å². The molecule has 0 aromatic carbocycles. The number of piperidine rings is 1. The number of hydrogen-bond donors (Lipinski definition) is 1. The molecule has 0 aliphatic carbocycles. The lowest BCUT2D eigenvalue weighted by Gasteiger charge is -2.39. The van der Waals surface area contributed by atoms with Crippen LogP contribution < -0.4 is 0 Å². The van der Waals surface area contributed by atoms with E-state index in [1.54, 1.807) is 0 Å². The SMILES string of the molecule is CCC(C)N1CCC(C(=O)O)CC1C. The van der Waals surface area contributed by atoms with Crippen LogP contribution in [0, 0.1) is 5.92 Å². The highest BCUT2D eigenvalue weighted by Crippen LogP contribution is 2.25. The van der Waals surface area contributed by atoms with Gasteiger partial charge in [0.25, 0.3) is 0 Å². The second kappa shape index (κ2) is 4.78. The van der Waals surface area contributed by atoms with Crippen molar-refractivity contribution in [3.8, 4) is 0 Å². The molecule has 3 unspecified atom stereocenters. The Morgan fingerprint density at radius 2 is 2.29 bits per heavy atom. The molecule has 0 aromatic heterocycles. The van der Waals surface area contributed by atoms with Gasteiger partial charge in [-0.05, 0) is 39.7 Å². The van der Waals surface area contributed by atoms with Gasteiger partial charge >= 0.3 is 5.97 Å². The number of carbonyl (C=O) groups is 1. The monoisotopic (exact) mass is 199 g/mol. The highest BCUT2D eigenvalue weighted by molar-refractivity contribution is 5.70. The number of carboxylic acid groups (broad SMARTS) is 1. The van der Waals surface area contributed by atoms with Gasteiger partial charge in [0, 0.05) is 12.1 Å². The Hall–Kier alpha value is -0.570. The Morgan fingerprint density at radius 3 is 2.71 bits per heavy atom. The molecule has 3 nitrogen and oxygen atoms in total. The van der Waals surface area contributed by atoms with Crippen LogP contribution in [-0.4, -0.2) is 34.6 Å². The zero-order valence-electron chi connectivity index (χ0n) is 9.36. The number of carboxylic acids is 1. The predicted molar refractivity (Wildman–Crippen MR) is 56.3 cm³/mol. The van der Waals surface area contributed by atoms with Crippen molar-refractivity contribution in [2.75, 3.05) is 6.54 Å². The van der Waals surface area contributed by atoms with Gasteiger partial charge in [-0.1, -0.05) is 6.92 Å². The lowest BCUT2D eigenvalue weighted by atomic mass is 9.90. The molecule has 0 spiro atoms. The minimum Gasteiger partial charge on any atom is -0.481 e. The van der Waals surface area contributed by atoms with Crippen molar-refractivity contribution in [3.05, 3.63) is 0 Å². The van der Waals surface area contributed by atoms with E-state index in [0.717, 1.165) is 25.8 Å². The van der Waals surface area contributed by atoms with Gasteiger partial charge in [-0.3, -0.25) is 9.69 Å². The van der Waals surface area contributed by atoms with Gasteiger partial charge in [-0.15, -0.1) is 0 Å². The van der Waals surface area contributed by atoms with Gasteiger partial charge in [0.1, 0.15) is 0 Å². The first kappa shape index (κ1) is 11.5. The summed E-state index contributed by atoms with van der Waals surface area (Å²) in [6.07, 6.45) is 2.76. The minimum absolute atomic E-state index is 0.120. The number of rotatable bonds is 3. The second-order valence-electron chi connectivity index (χ2n) is 4.40. The Kier molecular flexibility index (Phi) is 3.93. The fourth-order valence-electron chi connectivity index (χ4n) is 2.30. The van der Waals surface area contributed by atoms with Crippen molar-refractivity contribution >= 4 is 5.97 Å². The molecule has 0 saturated carbocycles. The van der Waals surface area contributed by atoms with E-state index in [-0.39, 0.29) is 5.92 Å². The van der Waals surface area contributed by atoms with E-state index in [1.165, 1.54) is 0 Å². The van der Waals surface area contributed by atoms with Gasteiger partial charge in [-0.2, -0.15) is 0 Å². The maximum atomic E-state index is 10.8. The van der Waals surface area contributed by atoms with Gasteiger partial charge in [0.2, 0.25) is 0 Å². The maximum Gasteiger partial charge on any atom is 0.306 e. The van der Waals surface area contributed by atoms with Crippen molar-refractivity contribution in [3.63, 3.8) is 0 Å². The quantitative estimate of drug-likeness (QED) is 0.755. The van der Waals surface area contributed by atoms with Gasteiger partial charge in [-0.25, -0.2) is 0 Å². The van der Waals surface area contributed by atoms with Gasteiger partial charge in [0.15, 0.2) is 0 Å². The van der Waals surface area contributed by atoms with Gasteiger partial charge < -0.3 is 5.11 Å². The summed E-state index contributed by atoms with van der Waals surface area (Å²) in [5, 5.41) is 8.92. The molecule has 1 fully saturated rings. The van der Waals surface area contributed by atoms with E-state index in [4.69, 9.17) is 5.11 Å². The third-order valence-electron chi connectivity index (χ3n) is 3.43. The lowest BCUT2D eigenvalue weighted by Crippen LogP contribution is -2.46. The molecule has 0 aromatic rings. The van der Waals surface area contributed by atoms with Crippen LogP contribution in [-0.2, 0) is 4.79 Å². The number of hydrogen-bond acceptors (Lipinski definition) is 2. The Balaban J connectivity index is 2.51. The van der Waals surface area contributed by atoms with Crippen LogP contribution in [0.5, 0.6) is 0 Å². The van der Waals surface area contributed by atoms with Crippen LogP contribution in [0.3, 0.4) is 0 Å². The van der Waals surface area contributed by atoms with Crippen LogP contribution in [0.1, 0.15) is 40.0 Å². The number of nitrogens with zero attached hydrogens (tertiary/aromatic N) is 1. The van der Waals surface area contributed by atoms with Crippen molar-refractivity contribution in [1.29, 1.82) is 0 Å².